The van der Waals surface area contributed by atoms with Crippen molar-refractivity contribution >= 4 is 40.0 Å². The van der Waals surface area contributed by atoms with Crippen LogP contribution in [-0.2, 0) is 19.3 Å². The lowest BCUT2D eigenvalue weighted by Crippen LogP contribution is -2.37. The van der Waals surface area contributed by atoms with Crippen molar-refractivity contribution in [3.63, 3.8) is 0 Å². The Labute approximate surface area is 131 Å². The molecule has 0 aromatic heterocycles. The number of carbonyl (C=O) groups excluding carboxylic acids is 2. The van der Waals surface area contributed by atoms with Crippen molar-refractivity contribution in [2.24, 2.45) is 11.8 Å². The highest BCUT2D eigenvalue weighted by Crippen LogP contribution is 2.32. The fraction of sp³-hybridized carbons (Fsp3) is 0.143. The van der Waals surface area contributed by atoms with Gasteiger partial charge in [-0.25, -0.2) is 9.59 Å². The second kappa shape index (κ2) is 7.08. The number of anilines is 1. The number of halogens is 1. The molecule has 0 atom stereocenters. The second-order valence-corrected chi connectivity index (χ2v) is 4.86. The zero-order chi connectivity index (χ0) is 16.1. The van der Waals surface area contributed by atoms with Crippen LogP contribution in [0.1, 0.15) is 0 Å². The van der Waals surface area contributed by atoms with Crippen LogP contribution in [0.4, 0.5) is 5.69 Å². The first-order valence-corrected chi connectivity index (χ1v) is 6.66. The fourth-order valence-electron chi connectivity index (χ4n) is 2.13. The van der Waals surface area contributed by atoms with Crippen LogP contribution in [-0.4, -0.2) is 25.0 Å². The van der Waals surface area contributed by atoms with Crippen LogP contribution in [0.3, 0.4) is 0 Å². The van der Waals surface area contributed by atoms with Crippen molar-refractivity contribution in [1.82, 2.24) is 0 Å². The van der Waals surface area contributed by atoms with Crippen molar-refractivity contribution in [1.29, 1.82) is 0 Å². The third-order valence-electron chi connectivity index (χ3n) is 3.09. The van der Waals surface area contributed by atoms with Crippen LogP contribution in [0.5, 0.6) is 0 Å². The van der Waals surface area contributed by atoms with E-state index in [1.807, 2.05) is 24.3 Å². The van der Waals surface area contributed by atoms with E-state index in [4.69, 9.17) is 23.4 Å². The van der Waals surface area contributed by atoms with Gasteiger partial charge in [0.15, 0.2) is 0 Å². The lowest BCUT2D eigenvalue weighted by molar-refractivity contribution is -0.143. The Morgan fingerprint density at radius 1 is 0.955 bits per heavy atom. The average molecular weight is 324 g/mol. The second-order valence-electron chi connectivity index (χ2n) is 4.45. The van der Waals surface area contributed by atoms with Gasteiger partial charge in [-0.15, -0.1) is 0 Å². The molecular weight excluding hydrogens is 310 g/mol. The molecule has 4 N–H and O–H groups in total. The Morgan fingerprint density at radius 3 is 2.05 bits per heavy atom. The Morgan fingerprint density at radius 2 is 1.50 bits per heavy atom. The van der Waals surface area contributed by atoms with Gasteiger partial charge in [0.05, 0.1) is 0 Å². The molecule has 0 aliphatic carbocycles. The van der Waals surface area contributed by atoms with Gasteiger partial charge in [-0.1, -0.05) is 35.9 Å². The number of hydrogen-bond acceptors (Lipinski definition) is 7. The van der Waals surface area contributed by atoms with Crippen LogP contribution in [0.15, 0.2) is 36.4 Å². The molecule has 0 saturated carbocycles. The highest BCUT2D eigenvalue weighted by Gasteiger charge is 2.19. The maximum atomic E-state index is 11.5. The Kier molecular flexibility index (Phi) is 5.16. The minimum absolute atomic E-state index is 0.239. The van der Waals surface area contributed by atoms with E-state index in [2.05, 4.69) is 9.68 Å². The molecular formula is C14H14ClN3O4. The summed E-state index contributed by atoms with van der Waals surface area (Å²) in [7, 11) is 0. The molecule has 0 heterocycles. The number of nitrogens with zero attached hydrogens (tertiary/aromatic N) is 1. The van der Waals surface area contributed by atoms with Crippen molar-refractivity contribution in [2.45, 2.75) is 0 Å². The average Bonchev–Trinajstić information content (AvgIpc) is 2.54. The predicted molar refractivity (Wildman–Crippen MR) is 81.7 cm³/mol. The summed E-state index contributed by atoms with van der Waals surface area (Å²) in [5.74, 6) is 8.31. The minimum Gasteiger partial charge on any atom is -0.372 e. The molecule has 0 bridgehead atoms. The molecule has 0 aliphatic rings. The third-order valence-corrected chi connectivity index (χ3v) is 3.42. The van der Waals surface area contributed by atoms with Crippen molar-refractivity contribution in [3.8, 4) is 0 Å². The number of fused-ring (bicyclic) bond motifs is 1. The summed E-state index contributed by atoms with van der Waals surface area (Å²) in [6, 6.07) is 10.7. The van der Waals surface area contributed by atoms with Gasteiger partial charge in [0.1, 0.15) is 13.1 Å². The van der Waals surface area contributed by atoms with Crippen molar-refractivity contribution in [2.75, 3.05) is 18.0 Å². The molecule has 7 nitrogen and oxygen atoms in total. The van der Waals surface area contributed by atoms with Crippen LogP contribution >= 0.6 is 11.6 Å². The van der Waals surface area contributed by atoms with Gasteiger partial charge >= 0.3 is 11.9 Å². The monoisotopic (exact) mass is 323 g/mol. The largest absolute Gasteiger partial charge is 0.372 e. The van der Waals surface area contributed by atoms with Crippen LogP contribution in [0.25, 0.3) is 10.8 Å². The lowest BCUT2D eigenvalue weighted by atomic mass is 10.1. The number of rotatable bonds is 5. The maximum absolute atomic E-state index is 11.5. The summed E-state index contributed by atoms with van der Waals surface area (Å²) in [6.45, 7) is -0.478. The van der Waals surface area contributed by atoms with E-state index in [9.17, 15) is 9.59 Å². The molecule has 0 aliphatic heterocycles. The third kappa shape index (κ3) is 3.45. The normalized spacial score (nSPS) is 10.3. The number of hydrogen-bond donors (Lipinski definition) is 2. The number of nitrogens with two attached hydrogens (primary N) is 2. The molecule has 0 saturated heterocycles. The highest BCUT2D eigenvalue weighted by atomic mass is 35.5. The van der Waals surface area contributed by atoms with Crippen LogP contribution < -0.4 is 16.7 Å². The topological polar surface area (TPSA) is 108 Å². The van der Waals surface area contributed by atoms with E-state index in [0.29, 0.717) is 10.7 Å². The first kappa shape index (κ1) is 16.0. The molecule has 0 fully saturated rings. The summed E-state index contributed by atoms with van der Waals surface area (Å²) in [4.78, 5) is 32.7. The molecule has 2 aromatic carbocycles. The summed E-state index contributed by atoms with van der Waals surface area (Å²) >= 11 is 6.16. The summed E-state index contributed by atoms with van der Waals surface area (Å²) in [5.41, 5.74) is 0.607. The standard InChI is InChI=1S/C14H14ClN3O4/c15-11-5-6-12(10-4-2-1-3-9(10)11)18(7-13(19)21-16)8-14(20)22-17/h1-6H,7-8,16-17H2. The van der Waals surface area contributed by atoms with Gasteiger partial charge in [0.25, 0.3) is 0 Å². The molecule has 22 heavy (non-hydrogen) atoms. The predicted octanol–water partition coefficient (Wildman–Crippen LogP) is 1.13. The van der Waals surface area contributed by atoms with Gasteiger partial charge < -0.3 is 14.6 Å². The maximum Gasteiger partial charge on any atom is 0.343 e. The quantitative estimate of drug-likeness (QED) is 0.794. The van der Waals surface area contributed by atoms with Gasteiger partial charge in [-0.05, 0) is 12.1 Å². The van der Waals surface area contributed by atoms with E-state index in [0.717, 1.165) is 10.8 Å². The van der Waals surface area contributed by atoms with Crippen LogP contribution in [0.2, 0.25) is 5.02 Å². The Balaban J connectivity index is 2.48. The number of carbonyl (C=O) groups is 2. The van der Waals surface area contributed by atoms with E-state index in [1.165, 1.54) is 4.90 Å². The van der Waals surface area contributed by atoms with Crippen molar-refractivity contribution < 1.29 is 19.3 Å². The lowest BCUT2D eigenvalue weighted by Gasteiger charge is -2.23. The summed E-state index contributed by atoms with van der Waals surface area (Å²) in [5, 5.41) is 2.11. The SMILES string of the molecule is NOC(=O)CN(CC(=O)ON)c1ccc(Cl)c2ccccc12. The minimum atomic E-state index is -0.705. The zero-order valence-corrected chi connectivity index (χ0v) is 12.2. The highest BCUT2D eigenvalue weighted by molar-refractivity contribution is 6.36. The molecule has 2 aromatic rings. The Hall–Kier alpha value is -2.35. The van der Waals surface area contributed by atoms with Gasteiger partial charge in [0.2, 0.25) is 0 Å². The van der Waals surface area contributed by atoms with E-state index in [-0.39, 0.29) is 13.1 Å². The van der Waals surface area contributed by atoms with Crippen molar-refractivity contribution in [3.05, 3.63) is 41.4 Å². The fourth-order valence-corrected chi connectivity index (χ4v) is 2.36. The molecule has 0 radical (unpaired) electrons. The molecule has 0 spiro atoms. The van der Waals surface area contributed by atoms with E-state index >= 15 is 0 Å². The zero-order valence-electron chi connectivity index (χ0n) is 11.5. The van der Waals surface area contributed by atoms with E-state index in [1.54, 1.807) is 12.1 Å². The molecule has 0 amide bonds. The van der Waals surface area contributed by atoms with Gasteiger partial charge in [-0.3, -0.25) is 0 Å². The molecule has 0 unspecified atom stereocenters. The number of benzene rings is 2. The first-order chi connectivity index (χ1) is 10.6. The summed E-state index contributed by atoms with van der Waals surface area (Å²) < 4.78 is 0. The summed E-state index contributed by atoms with van der Waals surface area (Å²) in [6.07, 6.45) is 0. The smallest absolute Gasteiger partial charge is 0.343 e. The first-order valence-electron chi connectivity index (χ1n) is 6.28. The van der Waals surface area contributed by atoms with Gasteiger partial charge in [-0.2, -0.15) is 11.8 Å². The molecule has 116 valence electrons. The molecule has 2 rings (SSSR count). The van der Waals surface area contributed by atoms with E-state index < -0.39 is 11.9 Å². The molecule has 8 heteroatoms. The van der Waals surface area contributed by atoms with Crippen LogP contribution in [0, 0.1) is 0 Å². The van der Waals surface area contributed by atoms with Gasteiger partial charge in [0, 0.05) is 21.5 Å². The Bertz CT molecular complexity index is 690.